The van der Waals surface area contributed by atoms with Crippen molar-refractivity contribution >= 4 is 50.4 Å². The molecule has 2 aromatic heterocycles. The fourth-order valence-electron chi connectivity index (χ4n) is 3.69. The number of pyridine rings is 1. The zero-order valence-corrected chi connectivity index (χ0v) is 23.3. The molecule has 4 aromatic rings. The molecule has 0 bridgehead atoms. The maximum atomic E-state index is 13.3. The van der Waals surface area contributed by atoms with Gasteiger partial charge in [0.2, 0.25) is 0 Å². The summed E-state index contributed by atoms with van der Waals surface area (Å²) in [5.74, 6) is -0.364. The van der Waals surface area contributed by atoms with E-state index >= 15 is 0 Å². The van der Waals surface area contributed by atoms with Gasteiger partial charge in [0.25, 0.3) is 16.0 Å². The second kappa shape index (κ2) is 13.5. The molecule has 0 fully saturated rings. The van der Waals surface area contributed by atoms with Crippen molar-refractivity contribution in [2.45, 2.75) is 19.9 Å². The van der Waals surface area contributed by atoms with Gasteiger partial charge in [-0.3, -0.25) is 24.5 Å². The number of carbonyl (C=O) groups is 2. The molecule has 0 atom stereocenters. The van der Waals surface area contributed by atoms with Gasteiger partial charge in [0.15, 0.2) is 0 Å². The number of rotatable bonds is 10. The molecule has 41 heavy (non-hydrogen) atoms. The van der Waals surface area contributed by atoms with Gasteiger partial charge in [-0.25, -0.2) is 9.97 Å². The number of nitrogens with zero attached hydrogens (tertiary/aromatic N) is 4. The highest BCUT2D eigenvalue weighted by atomic mass is 32.2. The molecular formula is C27H31N7O6S. The number of carboxylic acids is 1. The van der Waals surface area contributed by atoms with Crippen LogP contribution in [-0.4, -0.2) is 62.6 Å². The Morgan fingerprint density at radius 2 is 1.76 bits per heavy atom. The molecular weight excluding hydrogens is 550 g/mol. The standard InChI is InChI=1S/C25H25N7O3.C2H6O3S/c1-31-20-10-7-17(25(35)32(13-11-23(33)34)21-4-2-3-12-28-21)14-19(20)30-22(31)15-29-18-8-5-16(6-9-18)24(26)27;1-2-6(3,4)5/h2-10,12,14,29H,11,13,15H2,1H3,(H3,26,27)(H,33,34);2H2,1H3,(H,3,4,5). The number of hydrogen-bond donors (Lipinski definition) is 5. The SMILES string of the molecule is CCS(=O)(=O)O.Cn1c(CNc2ccc(C(=N)N)cc2)nc2cc(C(=O)N(CCC(=O)O)c3ccccn3)ccc21. The summed E-state index contributed by atoms with van der Waals surface area (Å²) in [7, 11) is -1.76. The molecule has 4 rings (SSSR count). The summed E-state index contributed by atoms with van der Waals surface area (Å²) in [5, 5.41) is 19.9. The lowest BCUT2D eigenvalue weighted by atomic mass is 10.1. The summed E-state index contributed by atoms with van der Waals surface area (Å²) in [6.45, 7) is 1.82. The lowest BCUT2D eigenvalue weighted by Gasteiger charge is -2.21. The number of aryl methyl sites for hydroxylation is 1. The van der Waals surface area contributed by atoms with Crippen LogP contribution in [0.25, 0.3) is 11.0 Å². The molecule has 0 aliphatic rings. The molecule has 0 aliphatic carbocycles. The fourth-order valence-corrected chi connectivity index (χ4v) is 3.69. The number of imidazole rings is 1. The van der Waals surface area contributed by atoms with Crippen LogP contribution in [0.1, 0.15) is 35.1 Å². The number of benzene rings is 2. The van der Waals surface area contributed by atoms with Crippen molar-refractivity contribution in [1.82, 2.24) is 14.5 Å². The van der Waals surface area contributed by atoms with Crippen LogP contribution in [0.4, 0.5) is 11.5 Å². The molecule has 2 aromatic carbocycles. The Labute approximate surface area is 236 Å². The van der Waals surface area contributed by atoms with Crippen molar-refractivity contribution in [1.29, 1.82) is 5.41 Å². The van der Waals surface area contributed by atoms with Crippen LogP contribution in [-0.2, 0) is 28.5 Å². The topological polar surface area (TPSA) is 205 Å². The van der Waals surface area contributed by atoms with Gasteiger partial charge in [-0.15, -0.1) is 0 Å². The Morgan fingerprint density at radius 3 is 2.32 bits per heavy atom. The zero-order chi connectivity index (χ0) is 30.2. The van der Waals surface area contributed by atoms with Gasteiger partial charge >= 0.3 is 5.97 Å². The van der Waals surface area contributed by atoms with Gasteiger partial charge in [-0.1, -0.05) is 6.07 Å². The van der Waals surface area contributed by atoms with Crippen molar-refractivity contribution in [3.05, 3.63) is 83.8 Å². The number of nitrogens with one attached hydrogen (secondary N) is 2. The van der Waals surface area contributed by atoms with E-state index in [9.17, 15) is 18.0 Å². The first kappa shape index (κ1) is 30.7. The molecule has 2 heterocycles. The molecule has 0 radical (unpaired) electrons. The number of carbonyl (C=O) groups excluding carboxylic acids is 1. The number of aromatic nitrogens is 3. The van der Waals surface area contributed by atoms with Gasteiger partial charge in [-0.05, 0) is 61.5 Å². The minimum atomic E-state index is -3.66. The summed E-state index contributed by atoms with van der Waals surface area (Å²) in [6, 6.07) is 17.6. The minimum absolute atomic E-state index is 0.00300. The van der Waals surface area contributed by atoms with E-state index in [1.165, 1.54) is 11.8 Å². The van der Waals surface area contributed by atoms with E-state index in [-0.39, 0.29) is 30.5 Å². The Hall–Kier alpha value is -4.82. The number of amides is 1. The maximum Gasteiger partial charge on any atom is 0.305 e. The highest BCUT2D eigenvalue weighted by Crippen LogP contribution is 2.21. The van der Waals surface area contributed by atoms with E-state index in [0.717, 1.165) is 17.0 Å². The Morgan fingerprint density at radius 1 is 1.10 bits per heavy atom. The van der Waals surface area contributed by atoms with Gasteiger partial charge in [-0.2, -0.15) is 8.42 Å². The molecule has 0 saturated heterocycles. The summed E-state index contributed by atoms with van der Waals surface area (Å²) in [4.78, 5) is 34.7. The third kappa shape index (κ3) is 8.58. The second-order valence-corrected chi connectivity index (χ2v) is 10.5. The normalized spacial score (nSPS) is 10.9. The number of hydrogen-bond acceptors (Lipinski definition) is 8. The number of aliphatic carboxylic acids is 1. The van der Waals surface area contributed by atoms with Crippen molar-refractivity contribution in [3.63, 3.8) is 0 Å². The maximum absolute atomic E-state index is 13.3. The van der Waals surface area contributed by atoms with Crippen molar-refractivity contribution in [3.8, 4) is 0 Å². The number of nitrogens with two attached hydrogens (primary N) is 1. The number of nitrogen functional groups attached to an aromatic ring is 1. The Kier molecular flexibility index (Phi) is 10.1. The molecule has 6 N–H and O–H groups in total. The third-order valence-electron chi connectivity index (χ3n) is 5.95. The number of carboxylic acid groups (broad SMARTS) is 1. The molecule has 216 valence electrons. The highest BCUT2D eigenvalue weighted by molar-refractivity contribution is 7.85. The summed E-state index contributed by atoms with van der Waals surface area (Å²) in [5.41, 5.74) is 8.92. The predicted molar refractivity (Wildman–Crippen MR) is 156 cm³/mol. The van der Waals surface area contributed by atoms with Crippen LogP contribution in [0.5, 0.6) is 0 Å². The summed E-state index contributed by atoms with van der Waals surface area (Å²) in [6.07, 6.45) is 1.36. The van der Waals surface area contributed by atoms with Gasteiger partial charge in [0, 0.05) is 36.6 Å². The van der Waals surface area contributed by atoms with E-state index in [1.54, 1.807) is 48.7 Å². The van der Waals surface area contributed by atoms with Crippen LogP contribution < -0.4 is 16.0 Å². The van der Waals surface area contributed by atoms with Crippen LogP contribution in [0.2, 0.25) is 0 Å². The van der Waals surface area contributed by atoms with Crippen LogP contribution in [0, 0.1) is 5.41 Å². The molecule has 0 saturated carbocycles. The van der Waals surface area contributed by atoms with E-state index in [1.807, 2.05) is 29.8 Å². The van der Waals surface area contributed by atoms with Crippen LogP contribution in [0.3, 0.4) is 0 Å². The van der Waals surface area contributed by atoms with Crippen molar-refractivity contribution in [2.75, 3.05) is 22.5 Å². The van der Waals surface area contributed by atoms with E-state index < -0.39 is 16.1 Å². The fraction of sp³-hybridized carbons (Fsp3) is 0.222. The summed E-state index contributed by atoms with van der Waals surface area (Å²) < 4.78 is 28.9. The number of fused-ring (bicyclic) bond motifs is 1. The second-order valence-electron chi connectivity index (χ2n) is 8.79. The molecule has 1 amide bonds. The van der Waals surface area contributed by atoms with Crippen LogP contribution >= 0.6 is 0 Å². The van der Waals surface area contributed by atoms with Crippen molar-refractivity contribution in [2.24, 2.45) is 12.8 Å². The number of amidine groups is 1. The molecule has 0 spiro atoms. The minimum Gasteiger partial charge on any atom is -0.481 e. The Bertz CT molecular complexity index is 1640. The molecule has 0 unspecified atom stereocenters. The smallest absolute Gasteiger partial charge is 0.305 e. The first-order chi connectivity index (χ1) is 19.4. The third-order valence-corrected chi connectivity index (χ3v) is 6.68. The quantitative estimate of drug-likeness (QED) is 0.105. The van der Waals surface area contributed by atoms with Gasteiger partial charge < -0.3 is 20.7 Å². The highest BCUT2D eigenvalue weighted by Gasteiger charge is 2.21. The lowest BCUT2D eigenvalue weighted by Crippen LogP contribution is -2.33. The average molecular weight is 582 g/mol. The van der Waals surface area contributed by atoms with Crippen LogP contribution in [0.15, 0.2) is 66.9 Å². The predicted octanol–water partition coefficient (Wildman–Crippen LogP) is 2.88. The lowest BCUT2D eigenvalue weighted by molar-refractivity contribution is -0.136. The van der Waals surface area contributed by atoms with E-state index in [2.05, 4.69) is 15.3 Å². The first-order valence-electron chi connectivity index (χ1n) is 12.4. The van der Waals surface area contributed by atoms with E-state index in [0.29, 0.717) is 29.0 Å². The zero-order valence-electron chi connectivity index (χ0n) is 22.5. The molecule has 0 aliphatic heterocycles. The number of anilines is 2. The van der Waals surface area contributed by atoms with Gasteiger partial charge in [0.05, 0.1) is 29.8 Å². The largest absolute Gasteiger partial charge is 0.481 e. The average Bonchev–Trinajstić information content (AvgIpc) is 3.27. The monoisotopic (exact) mass is 581 g/mol. The van der Waals surface area contributed by atoms with Crippen molar-refractivity contribution < 1.29 is 27.7 Å². The Balaban J connectivity index is 0.000000696. The summed E-state index contributed by atoms with van der Waals surface area (Å²) >= 11 is 0. The van der Waals surface area contributed by atoms with E-state index in [4.69, 9.17) is 20.8 Å². The molecule has 13 nitrogen and oxygen atoms in total. The first-order valence-corrected chi connectivity index (χ1v) is 14.0. The molecule has 14 heteroatoms. The van der Waals surface area contributed by atoms with Gasteiger partial charge in [0.1, 0.15) is 17.5 Å².